The van der Waals surface area contributed by atoms with Crippen molar-refractivity contribution in [2.45, 2.75) is 19.8 Å². The topological polar surface area (TPSA) is 38.1 Å². The highest BCUT2D eigenvalue weighted by molar-refractivity contribution is 7.11. The Hall–Kier alpha value is -1.88. The van der Waals surface area contributed by atoms with Gasteiger partial charge in [-0.05, 0) is 48.8 Å². The molecule has 2 aromatic heterocycles. The molecule has 0 N–H and O–H groups in total. The van der Waals surface area contributed by atoms with Crippen molar-refractivity contribution in [3.63, 3.8) is 0 Å². The van der Waals surface area contributed by atoms with Crippen LogP contribution < -0.4 is 10.5 Å². The van der Waals surface area contributed by atoms with E-state index in [2.05, 4.69) is 40.4 Å². The zero-order chi connectivity index (χ0) is 15.5. The maximum Gasteiger partial charge on any atom is 0.293 e. The summed E-state index contributed by atoms with van der Waals surface area (Å²) >= 11 is 1.79. The lowest BCUT2D eigenvalue weighted by Crippen LogP contribution is -2.38. The predicted octanol–water partition coefficient (Wildman–Crippen LogP) is 3.08. The Balaban J connectivity index is 1.63. The maximum absolute atomic E-state index is 12.1. The number of thiophene rings is 1. The molecule has 5 heteroatoms. The largest absolute Gasteiger partial charge is 0.352 e. The fraction of sp³-hybridized carbons (Fsp3) is 0.412. The fourth-order valence-corrected chi connectivity index (χ4v) is 3.61. The second-order valence-electron chi connectivity index (χ2n) is 5.82. The molecule has 3 heterocycles. The Labute approximate surface area is 134 Å². The van der Waals surface area contributed by atoms with Crippen LogP contribution in [0.2, 0.25) is 0 Å². The van der Waals surface area contributed by atoms with Crippen molar-refractivity contribution >= 4 is 23.2 Å². The van der Waals surface area contributed by atoms with Crippen LogP contribution in [0.3, 0.4) is 0 Å². The lowest BCUT2D eigenvalue weighted by Gasteiger charge is -2.31. The molecule has 0 radical (unpaired) electrons. The zero-order valence-corrected chi connectivity index (χ0v) is 13.8. The van der Waals surface area contributed by atoms with Crippen molar-refractivity contribution in [1.29, 1.82) is 0 Å². The van der Waals surface area contributed by atoms with E-state index in [4.69, 9.17) is 0 Å². The Morgan fingerprint density at radius 1 is 1.36 bits per heavy atom. The second kappa shape index (κ2) is 6.48. The molecule has 0 bridgehead atoms. The SMILES string of the molecule is Cc1ccsc1/C=C/C1CCN(c2nccn(C)c2=O)CC1. The molecule has 0 unspecified atom stereocenters. The van der Waals surface area contributed by atoms with Crippen LogP contribution in [0.15, 0.2) is 34.7 Å². The van der Waals surface area contributed by atoms with Crippen molar-refractivity contribution in [2.75, 3.05) is 18.0 Å². The first-order valence-corrected chi connectivity index (χ1v) is 8.52. The minimum Gasteiger partial charge on any atom is -0.352 e. The lowest BCUT2D eigenvalue weighted by molar-refractivity contribution is 0.476. The third-order valence-electron chi connectivity index (χ3n) is 4.26. The first kappa shape index (κ1) is 15.0. The van der Waals surface area contributed by atoms with Gasteiger partial charge >= 0.3 is 0 Å². The quantitative estimate of drug-likeness (QED) is 0.873. The molecule has 1 aliphatic rings. The van der Waals surface area contributed by atoms with Gasteiger partial charge in [-0.25, -0.2) is 4.98 Å². The second-order valence-corrected chi connectivity index (χ2v) is 6.77. The van der Waals surface area contributed by atoms with Crippen LogP contribution in [-0.2, 0) is 7.05 Å². The van der Waals surface area contributed by atoms with Gasteiger partial charge in [0.15, 0.2) is 5.82 Å². The van der Waals surface area contributed by atoms with Crippen LogP contribution in [0.5, 0.6) is 0 Å². The number of aromatic nitrogens is 2. The van der Waals surface area contributed by atoms with E-state index in [1.165, 1.54) is 10.4 Å². The summed E-state index contributed by atoms with van der Waals surface area (Å²) in [6, 6.07) is 2.16. The first-order valence-electron chi connectivity index (χ1n) is 7.64. The van der Waals surface area contributed by atoms with Gasteiger partial charge in [0, 0.05) is 37.4 Å². The smallest absolute Gasteiger partial charge is 0.293 e. The highest BCUT2D eigenvalue weighted by Gasteiger charge is 2.20. The fourth-order valence-electron chi connectivity index (χ4n) is 2.78. The number of aryl methyl sites for hydroxylation is 2. The van der Waals surface area contributed by atoms with Gasteiger partial charge in [-0.15, -0.1) is 11.3 Å². The van der Waals surface area contributed by atoms with E-state index in [1.54, 1.807) is 35.3 Å². The van der Waals surface area contributed by atoms with Crippen molar-refractivity contribution in [3.8, 4) is 0 Å². The number of nitrogens with zero attached hydrogens (tertiary/aromatic N) is 3. The summed E-state index contributed by atoms with van der Waals surface area (Å²) in [6.07, 6.45) is 10.1. The van der Waals surface area contributed by atoms with Crippen molar-refractivity contribution in [1.82, 2.24) is 9.55 Å². The number of piperidine rings is 1. The van der Waals surface area contributed by atoms with Gasteiger partial charge in [-0.1, -0.05) is 6.08 Å². The molecule has 0 saturated carbocycles. The van der Waals surface area contributed by atoms with Gasteiger partial charge in [0.2, 0.25) is 0 Å². The molecular weight excluding hydrogens is 294 g/mol. The average Bonchev–Trinajstić information content (AvgIpc) is 2.94. The number of hydrogen-bond acceptors (Lipinski definition) is 4. The van der Waals surface area contributed by atoms with E-state index >= 15 is 0 Å². The highest BCUT2D eigenvalue weighted by Crippen LogP contribution is 2.24. The number of anilines is 1. The summed E-state index contributed by atoms with van der Waals surface area (Å²) in [5.41, 5.74) is 1.33. The highest BCUT2D eigenvalue weighted by atomic mass is 32.1. The van der Waals surface area contributed by atoms with E-state index in [0.29, 0.717) is 11.7 Å². The molecule has 0 amide bonds. The average molecular weight is 315 g/mol. The molecular formula is C17H21N3OS. The maximum atomic E-state index is 12.1. The zero-order valence-electron chi connectivity index (χ0n) is 13.0. The molecule has 1 aliphatic heterocycles. The van der Waals surface area contributed by atoms with Crippen LogP contribution >= 0.6 is 11.3 Å². The Bertz CT molecular complexity index is 724. The monoisotopic (exact) mass is 315 g/mol. The molecule has 1 saturated heterocycles. The molecule has 0 aromatic carbocycles. The summed E-state index contributed by atoms with van der Waals surface area (Å²) in [5, 5.41) is 2.13. The van der Waals surface area contributed by atoms with E-state index in [1.807, 2.05) is 0 Å². The van der Waals surface area contributed by atoms with Crippen molar-refractivity contribution < 1.29 is 0 Å². The molecule has 0 atom stereocenters. The van der Waals surface area contributed by atoms with Gasteiger partial charge < -0.3 is 9.47 Å². The first-order chi connectivity index (χ1) is 10.6. The van der Waals surface area contributed by atoms with Gasteiger partial charge in [0.25, 0.3) is 5.56 Å². The summed E-state index contributed by atoms with van der Waals surface area (Å²) in [5.74, 6) is 1.17. The van der Waals surface area contributed by atoms with E-state index in [9.17, 15) is 4.79 Å². The standard InChI is InChI=1S/C17H21N3OS/c1-13-7-12-22-15(13)4-3-14-5-9-20(10-6-14)16-17(21)19(2)11-8-18-16/h3-4,7-8,11-12,14H,5-6,9-10H2,1-2H3/b4-3+. The number of hydrogen-bond donors (Lipinski definition) is 0. The predicted molar refractivity (Wildman–Crippen MR) is 92.5 cm³/mol. The minimum atomic E-state index is -0.00861. The van der Waals surface area contributed by atoms with Gasteiger partial charge in [-0.3, -0.25) is 4.79 Å². The Morgan fingerprint density at radius 3 is 2.82 bits per heavy atom. The van der Waals surface area contributed by atoms with Gasteiger partial charge in [0.1, 0.15) is 0 Å². The van der Waals surface area contributed by atoms with Crippen molar-refractivity contribution in [3.05, 3.63) is 50.7 Å². The minimum absolute atomic E-state index is 0.00861. The molecule has 116 valence electrons. The molecule has 3 rings (SSSR count). The number of allylic oxidation sites excluding steroid dienone is 1. The van der Waals surface area contributed by atoms with Gasteiger partial charge in [-0.2, -0.15) is 0 Å². The lowest BCUT2D eigenvalue weighted by atomic mass is 9.96. The Kier molecular flexibility index (Phi) is 4.43. The van der Waals surface area contributed by atoms with E-state index < -0.39 is 0 Å². The van der Waals surface area contributed by atoms with Gasteiger partial charge in [0.05, 0.1) is 0 Å². The van der Waals surface area contributed by atoms with E-state index in [-0.39, 0.29) is 5.56 Å². The molecule has 0 spiro atoms. The third kappa shape index (κ3) is 3.14. The molecule has 2 aromatic rings. The summed E-state index contributed by atoms with van der Waals surface area (Å²) in [7, 11) is 1.77. The molecule has 1 fully saturated rings. The summed E-state index contributed by atoms with van der Waals surface area (Å²) in [4.78, 5) is 19.8. The number of rotatable bonds is 3. The Morgan fingerprint density at radius 2 is 2.14 bits per heavy atom. The van der Waals surface area contributed by atoms with Crippen LogP contribution in [0.1, 0.15) is 23.3 Å². The van der Waals surface area contributed by atoms with Crippen LogP contribution in [0.4, 0.5) is 5.82 Å². The normalized spacial score (nSPS) is 16.5. The summed E-state index contributed by atoms with van der Waals surface area (Å²) < 4.78 is 1.59. The van der Waals surface area contributed by atoms with Crippen molar-refractivity contribution in [2.24, 2.45) is 13.0 Å². The molecule has 4 nitrogen and oxygen atoms in total. The molecule has 22 heavy (non-hydrogen) atoms. The van der Waals surface area contributed by atoms with Crippen LogP contribution in [0.25, 0.3) is 6.08 Å². The third-order valence-corrected chi connectivity index (χ3v) is 5.24. The summed E-state index contributed by atoms with van der Waals surface area (Å²) in [6.45, 7) is 3.94. The molecule has 0 aliphatic carbocycles. The van der Waals surface area contributed by atoms with Crippen LogP contribution in [-0.4, -0.2) is 22.6 Å². The van der Waals surface area contributed by atoms with E-state index in [0.717, 1.165) is 25.9 Å². The van der Waals surface area contributed by atoms with Crippen LogP contribution in [0, 0.1) is 12.8 Å².